The summed E-state index contributed by atoms with van der Waals surface area (Å²) in [6.07, 6.45) is 0.346. The lowest BCUT2D eigenvalue weighted by molar-refractivity contribution is -0.149. The fourth-order valence-electron chi connectivity index (χ4n) is 1.62. The molecule has 0 fully saturated rings. The molecular formula is C13H19NO5S. The van der Waals surface area contributed by atoms with Crippen LogP contribution >= 0.6 is 0 Å². The summed E-state index contributed by atoms with van der Waals surface area (Å²) in [5.41, 5.74) is 1.06. The molecule has 2 N–H and O–H groups in total. The molecule has 0 saturated carbocycles. The van der Waals surface area contributed by atoms with E-state index in [4.69, 9.17) is 0 Å². The Morgan fingerprint density at radius 3 is 2.45 bits per heavy atom. The van der Waals surface area contributed by atoms with E-state index in [1.165, 1.54) is 12.1 Å². The van der Waals surface area contributed by atoms with E-state index in [2.05, 4.69) is 9.46 Å². The van der Waals surface area contributed by atoms with E-state index in [1.54, 1.807) is 12.1 Å². The second-order valence-electron chi connectivity index (χ2n) is 4.28. The smallest absolute Gasteiger partial charge is 0.336 e. The molecule has 6 nitrogen and oxygen atoms in total. The average Bonchev–Trinajstić information content (AvgIpc) is 2.45. The Bertz CT molecular complexity index is 538. The molecule has 1 unspecified atom stereocenters. The van der Waals surface area contributed by atoms with Crippen molar-refractivity contribution in [2.45, 2.75) is 30.8 Å². The van der Waals surface area contributed by atoms with Crippen molar-refractivity contribution in [3.8, 4) is 0 Å². The molecule has 1 aromatic carbocycles. The van der Waals surface area contributed by atoms with Crippen molar-refractivity contribution in [3.63, 3.8) is 0 Å². The van der Waals surface area contributed by atoms with Crippen molar-refractivity contribution in [3.05, 3.63) is 29.8 Å². The van der Waals surface area contributed by atoms with Gasteiger partial charge in [0.1, 0.15) is 0 Å². The Balaban J connectivity index is 2.71. The molecule has 0 heterocycles. The predicted octanol–water partition coefficient (Wildman–Crippen LogP) is 0.451. The number of hydrogen-bond donors (Lipinski definition) is 2. The number of esters is 1. The van der Waals surface area contributed by atoms with Gasteiger partial charge >= 0.3 is 5.97 Å². The third-order valence-corrected chi connectivity index (χ3v) is 4.15. The molecule has 0 amide bonds. The van der Waals surface area contributed by atoms with Gasteiger partial charge in [-0.3, -0.25) is 0 Å². The highest BCUT2D eigenvalue weighted by Crippen LogP contribution is 2.11. The highest BCUT2D eigenvalue weighted by atomic mass is 32.2. The lowest BCUT2D eigenvalue weighted by Crippen LogP contribution is -2.37. The molecule has 1 aromatic rings. The summed E-state index contributed by atoms with van der Waals surface area (Å²) in [5.74, 6) is -0.883. The first-order valence-electron chi connectivity index (χ1n) is 6.25. The molecule has 0 spiro atoms. The standard InChI is InChI=1S/C13H19NO5S/c1-3-4-10-5-7-11(8-6-10)20(17,18)14-9-12(15)13(16)19-2/h5-8,12,14-15H,3-4,9H2,1-2H3. The molecule has 20 heavy (non-hydrogen) atoms. The van der Waals surface area contributed by atoms with Crippen LogP contribution in [0.3, 0.4) is 0 Å². The lowest BCUT2D eigenvalue weighted by Gasteiger charge is -2.10. The normalized spacial score (nSPS) is 12.9. The van der Waals surface area contributed by atoms with Crippen LogP contribution in [0.5, 0.6) is 0 Å². The third kappa shape index (κ3) is 4.59. The van der Waals surface area contributed by atoms with Crippen LogP contribution in [0.2, 0.25) is 0 Å². The van der Waals surface area contributed by atoms with E-state index in [0.29, 0.717) is 0 Å². The van der Waals surface area contributed by atoms with E-state index >= 15 is 0 Å². The average molecular weight is 301 g/mol. The van der Waals surface area contributed by atoms with Crippen molar-refractivity contribution in [1.29, 1.82) is 0 Å². The third-order valence-electron chi connectivity index (χ3n) is 2.71. The number of aliphatic hydroxyl groups excluding tert-OH is 1. The summed E-state index contributed by atoms with van der Waals surface area (Å²) < 4.78 is 30.3. The molecule has 7 heteroatoms. The molecule has 0 aromatic heterocycles. The van der Waals surface area contributed by atoms with Crippen LogP contribution in [0.15, 0.2) is 29.2 Å². The van der Waals surface area contributed by atoms with Gasteiger partial charge in [-0.15, -0.1) is 0 Å². The van der Waals surface area contributed by atoms with E-state index < -0.39 is 28.6 Å². The van der Waals surface area contributed by atoms with Crippen LogP contribution in [0.25, 0.3) is 0 Å². The molecule has 0 aliphatic carbocycles. The first kappa shape index (κ1) is 16.6. The minimum absolute atomic E-state index is 0.0921. The van der Waals surface area contributed by atoms with Crippen LogP contribution in [-0.2, 0) is 26.0 Å². The molecule has 1 rings (SSSR count). The van der Waals surface area contributed by atoms with Crippen LogP contribution in [0, 0.1) is 0 Å². The van der Waals surface area contributed by atoms with Crippen LogP contribution in [0.1, 0.15) is 18.9 Å². The van der Waals surface area contributed by atoms with Gasteiger partial charge in [-0.2, -0.15) is 0 Å². The maximum Gasteiger partial charge on any atom is 0.336 e. The maximum absolute atomic E-state index is 11.9. The quantitative estimate of drug-likeness (QED) is 0.713. The van der Waals surface area contributed by atoms with Gasteiger partial charge in [0, 0.05) is 6.54 Å². The predicted molar refractivity (Wildman–Crippen MR) is 73.6 cm³/mol. The first-order valence-corrected chi connectivity index (χ1v) is 7.73. The lowest BCUT2D eigenvalue weighted by atomic mass is 10.1. The van der Waals surface area contributed by atoms with E-state index in [9.17, 15) is 18.3 Å². The Labute approximate surface area is 118 Å². The van der Waals surface area contributed by atoms with Gasteiger partial charge in [0.25, 0.3) is 0 Å². The molecule has 0 radical (unpaired) electrons. The second-order valence-corrected chi connectivity index (χ2v) is 6.05. The summed E-state index contributed by atoms with van der Waals surface area (Å²) in [7, 11) is -2.63. The van der Waals surface area contributed by atoms with Gasteiger partial charge in [-0.05, 0) is 24.1 Å². The number of carbonyl (C=O) groups is 1. The van der Waals surface area contributed by atoms with Gasteiger partial charge < -0.3 is 9.84 Å². The monoisotopic (exact) mass is 301 g/mol. The number of benzene rings is 1. The van der Waals surface area contributed by atoms with Crippen molar-refractivity contribution in [1.82, 2.24) is 4.72 Å². The SMILES string of the molecule is CCCc1ccc(S(=O)(=O)NCC(O)C(=O)OC)cc1. The molecule has 0 aliphatic rings. The van der Waals surface area contributed by atoms with Gasteiger partial charge in [0.2, 0.25) is 10.0 Å². The highest BCUT2D eigenvalue weighted by Gasteiger charge is 2.20. The number of hydrogen-bond acceptors (Lipinski definition) is 5. The number of sulfonamides is 1. The van der Waals surface area contributed by atoms with Gasteiger partial charge in [-0.25, -0.2) is 17.9 Å². The molecular weight excluding hydrogens is 282 g/mol. The van der Waals surface area contributed by atoms with Gasteiger partial charge in [0.05, 0.1) is 12.0 Å². The summed E-state index contributed by atoms with van der Waals surface area (Å²) in [5, 5.41) is 9.34. The Kier molecular flexibility index (Phi) is 6.12. The molecule has 112 valence electrons. The molecule has 0 bridgehead atoms. The molecule has 1 atom stereocenters. The number of aliphatic hydroxyl groups is 1. The van der Waals surface area contributed by atoms with Crippen molar-refractivity contribution >= 4 is 16.0 Å². The minimum atomic E-state index is -3.75. The summed E-state index contributed by atoms with van der Waals surface area (Å²) in [4.78, 5) is 11.1. The van der Waals surface area contributed by atoms with Gasteiger partial charge in [-0.1, -0.05) is 25.5 Å². The Morgan fingerprint density at radius 2 is 1.95 bits per heavy atom. The maximum atomic E-state index is 11.9. The highest BCUT2D eigenvalue weighted by molar-refractivity contribution is 7.89. The fraction of sp³-hybridized carbons (Fsp3) is 0.462. The Hall–Kier alpha value is -1.44. The fourth-order valence-corrected chi connectivity index (χ4v) is 2.65. The number of carbonyl (C=O) groups excluding carboxylic acids is 1. The number of nitrogens with one attached hydrogen (secondary N) is 1. The zero-order valence-corrected chi connectivity index (χ0v) is 12.3. The number of ether oxygens (including phenoxy) is 1. The topological polar surface area (TPSA) is 92.7 Å². The van der Waals surface area contributed by atoms with Crippen molar-refractivity contribution in [2.24, 2.45) is 0 Å². The zero-order chi connectivity index (χ0) is 15.2. The van der Waals surface area contributed by atoms with Crippen molar-refractivity contribution < 1.29 is 23.1 Å². The van der Waals surface area contributed by atoms with Crippen LogP contribution in [0.4, 0.5) is 0 Å². The number of methoxy groups -OCH3 is 1. The Morgan fingerprint density at radius 1 is 1.35 bits per heavy atom. The molecule has 0 aliphatic heterocycles. The number of rotatable bonds is 7. The van der Waals surface area contributed by atoms with Gasteiger partial charge in [0.15, 0.2) is 6.10 Å². The first-order chi connectivity index (χ1) is 9.40. The van der Waals surface area contributed by atoms with E-state index in [-0.39, 0.29) is 4.90 Å². The summed E-state index contributed by atoms with van der Waals surface area (Å²) in [6.45, 7) is 1.62. The van der Waals surface area contributed by atoms with Crippen molar-refractivity contribution in [2.75, 3.05) is 13.7 Å². The zero-order valence-electron chi connectivity index (χ0n) is 11.5. The van der Waals surface area contributed by atoms with Crippen LogP contribution in [-0.4, -0.2) is 39.3 Å². The minimum Gasteiger partial charge on any atom is -0.467 e. The largest absolute Gasteiger partial charge is 0.467 e. The summed E-state index contributed by atoms with van der Waals surface area (Å²) >= 11 is 0. The molecule has 0 saturated heterocycles. The van der Waals surface area contributed by atoms with E-state index in [1.807, 2.05) is 6.92 Å². The number of aryl methyl sites for hydroxylation is 1. The summed E-state index contributed by atoms with van der Waals surface area (Å²) in [6, 6.07) is 6.49. The second kappa shape index (κ2) is 7.37. The van der Waals surface area contributed by atoms with E-state index in [0.717, 1.165) is 25.5 Å². The van der Waals surface area contributed by atoms with Crippen LogP contribution < -0.4 is 4.72 Å².